The van der Waals surface area contributed by atoms with E-state index in [9.17, 15) is 4.79 Å². The van der Waals surface area contributed by atoms with Crippen LogP contribution in [0.25, 0.3) is 0 Å². The fraction of sp³-hybridized carbons (Fsp3) is 0.500. The number of hydrogen-bond acceptors (Lipinski definition) is 4. The molecule has 1 atom stereocenters. The Kier molecular flexibility index (Phi) is 4.81. The van der Waals surface area contributed by atoms with Gasteiger partial charge in [0.1, 0.15) is 5.75 Å². The zero-order valence-electron chi connectivity index (χ0n) is 12.5. The molecule has 0 aliphatic carbocycles. The van der Waals surface area contributed by atoms with Crippen LogP contribution in [0.5, 0.6) is 5.75 Å². The Morgan fingerprint density at radius 3 is 2.76 bits per heavy atom. The second-order valence-electron chi connectivity index (χ2n) is 5.50. The maximum atomic E-state index is 12.2. The molecule has 0 radical (unpaired) electrons. The molecule has 0 aromatic heterocycles. The Labute approximate surface area is 125 Å². The Balaban J connectivity index is 1.88. The number of likely N-dealkylation sites (tertiary alicyclic amines) is 1. The summed E-state index contributed by atoms with van der Waals surface area (Å²) in [5, 5.41) is 8.73. The van der Waals surface area contributed by atoms with E-state index in [0.29, 0.717) is 17.9 Å². The first-order valence-corrected chi connectivity index (χ1v) is 7.02. The summed E-state index contributed by atoms with van der Waals surface area (Å²) in [6.45, 7) is 3.37. The second-order valence-corrected chi connectivity index (χ2v) is 5.50. The third-order valence-electron chi connectivity index (χ3n) is 3.85. The Morgan fingerprint density at radius 2 is 2.14 bits per heavy atom. The summed E-state index contributed by atoms with van der Waals surface area (Å²) in [5.74, 6) is 0.552. The normalized spacial score (nSPS) is 21.7. The van der Waals surface area contributed by atoms with E-state index >= 15 is 0 Å². The summed E-state index contributed by atoms with van der Waals surface area (Å²) >= 11 is 0. The average Bonchev–Trinajstić information content (AvgIpc) is 2.53. The van der Waals surface area contributed by atoms with Crippen molar-refractivity contribution >= 4 is 5.91 Å². The monoisotopic (exact) mass is 288 g/mol. The largest absolute Gasteiger partial charge is 0.484 e. The number of rotatable bonds is 4. The predicted molar refractivity (Wildman–Crippen MR) is 77.9 cm³/mol. The minimum atomic E-state index is -0.262. The number of amides is 1. The van der Waals surface area contributed by atoms with E-state index in [4.69, 9.17) is 14.7 Å². The number of nitrogens with zero attached hydrogens (tertiary/aromatic N) is 2. The highest BCUT2D eigenvalue weighted by Crippen LogP contribution is 2.24. The summed E-state index contributed by atoms with van der Waals surface area (Å²) in [5.41, 5.74) is 0.308. The van der Waals surface area contributed by atoms with Gasteiger partial charge in [0.25, 0.3) is 5.91 Å². The molecule has 1 aliphatic heterocycles. The fourth-order valence-electron chi connectivity index (χ4n) is 2.45. The van der Waals surface area contributed by atoms with Gasteiger partial charge in [-0.1, -0.05) is 0 Å². The van der Waals surface area contributed by atoms with Gasteiger partial charge in [0.15, 0.2) is 6.61 Å². The Hall–Kier alpha value is -2.06. The molecule has 112 valence electrons. The highest BCUT2D eigenvalue weighted by Gasteiger charge is 2.32. The molecule has 1 aromatic carbocycles. The van der Waals surface area contributed by atoms with Crippen molar-refractivity contribution in [3.63, 3.8) is 0 Å². The summed E-state index contributed by atoms with van der Waals surface area (Å²) in [7, 11) is 1.68. The molecule has 0 bridgehead atoms. The lowest BCUT2D eigenvalue weighted by molar-refractivity contribution is -0.141. The zero-order valence-corrected chi connectivity index (χ0v) is 12.5. The standard InChI is InChI=1S/C16H20N2O3/c1-16(20-2)8-3-9-18(12-16)15(19)11-21-14-6-4-13(10-17)5-7-14/h4-7H,3,8-9,11-12H2,1-2H3. The molecule has 0 spiro atoms. The number of benzene rings is 1. The first-order chi connectivity index (χ1) is 10.1. The van der Waals surface area contributed by atoms with Crippen molar-refractivity contribution in [1.82, 2.24) is 4.90 Å². The molecule has 1 heterocycles. The van der Waals surface area contributed by atoms with Crippen LogP contribution in [-0.2, 0) is 9.53 Å². The molecule has 0 N–H and O–H groups in total. The molecule has 2 rings (SSSR count). The molecular weight excluding hydrogens is 268 g/mol. The van der Waals surface area contributed by atoms with Gasteiger partial charge in [0.2, 0.25) is 0 Å². The van der Waals surface area contributed by atoms with Crippen molar-refractivity contribution in [2.24, 2.45) is 0 Å². The second kappa shape index (κ2) is 6.59. The number of nitriles is 1. The van der Waals surface area contributed by atoms with E-state index in [-0.39, 0.29) is 18.1 Å². The number of ether oxygens (including phenoxy) is 2. The summed E-state index contributed by atoms with van der Waals surface area (Å²) in [6, 6.07) is 8.77. The summed E-state index contributed by atoms with van der Waals surface area (Å²) in [6.07, 6.45) is 1.90. The zero-order chi connectivity index (χ0) is 15.3. The number of methoxy groups -OCH3 is 1. The molecule has 1 fully saturated rings. The minimum absolute atomic E-state index is 0.00565. The molecule has 1 unspecified atom stereocenters. The first kappa shape index (κ1) is 15.3. The maximum absolute atomic E-state index is 12.2. The van der Waals surface area contributed by atoms with E-state index < -0.39 is 0 Å². The quantitative estimate of drug-likeness (QED) is 0.849. The lowest BCUT2D eigenvalue weighted by Gasteiger charge is -2.39. The molecule has 1 aliphatic rings. The van der Waals surface area contributed by atoms with Crippen molar-refractivity contribution in [3.8, 4) is 11.8 Å². The highest BCUT2D eigenvalue weighted by molar-refractivity contribution is 5.78. The maximum Gasteiger partial charge on any atom is 0.260 e. The number of hydrogen-bond donors (Lipinski definition) is 0. The Morgan fingerprint density at radius 1 is 1.43 bits per heavy atom. The van der Waals surface area contributed by atoms with Gasteiger partial charge >= 0.3 is 0 Å². The average molecular weight is 288 g/mol. The molecule has 21 heavy (non-hydrogen) atoms. The first-order valence-electron chi connectivity index (χ1n) is 7.02. The van der Waals surface area contributed by atoms with Gasteiger partial charge in [-0.15, -0.1) is 0 Å². The van der Waals surface area contributed by atoms with Gasteiger partial charge in [-0.3, -0.25) is 4.79 Å². The molecule has 1 saturated heterocycles. The van der Waals surface area contributed by atoms with Gasteiger partial charge in [0, 0.05) is 20.2 Å². The van der Waals surface area contributed by atoms with Crippen LogP contribution >= 0.6 is 0 Å². The van der Waals surface area contributed by atoms with E-state index in [0.717, 1.165) is 19.4 Å². The molecule has 5 heteroatoms. The van der Waals surface area contributed by atoms with Crippen molar-refractivity contribution in [2.45, 2.75) is 25.4 Å². The Bertz CT molecular complexity index is 535. The van der Waals surface area contributed by atoms with Gasteiger partial charge in [-0.05, 0) is 44.0 Å². The summed E-state index contributed by atoms with van der Waals surface area (Å²) < 4.78 is 11.0. The fourth-order valence-corrected chi connectivity index (χ4v) is 2.45. The van der Waals surface area contributed by atoms with Crippen LogP contribution in [-0.4, -0.2) is 43.2 Å². The van der Waals surface area contributed by atoms with E-state index in [2.05, 4.69) is 0 Å². The number of carbonyl (C=O) groups excluding carboxylic acids is 1. The van der Waals surface area contributed by atoms with Crippen LogP contribution in [0.1, 0.15) is 25.3 Å². The van der Waals surface area contributed by atoms with Crippen molar-refractivity contribution in [1.29, 1.82) is 5.26 Å². The van der Waals surface area contributed by atoms with E-state index in [1.807, 2.05) is 13.0 Å². The SMILES string of the molecule is COC1(C)CCCN(C(=O)COc2ccc(C#N)cc2)C1. The van der Waals surface area contributed by atoms with Crippen LogP contribution < -0.4 is 4.74 Å². The molecule has 0 saturated carbocycles. The third kappa shape index (κ3) is 3.96. The van der Waals surface area contributed by atoms with Crippen LogP contribution in [0, 0.1) is 11.3 Å². The lowest BCUT2D eigenvalue weighted by atomic mass is 9.95. The predicted octanol–water partition coefficient (Wildman–Crippen LogP) is 1.96. The smallest absolute Gasteiger partial charge is 0.260 e. The number of piperidine rings is 1. The van der Waals surface area contributed by atoms with Gasteiger partial charge < -0.3 is 14.4 Å². The van der Waals surface area contributed by atoms with Crippen molar-refractivity contribution in [2.75, 3.05) is 26.8 Å². The molecular formula is C16H20N2O3. The highest BCUT2D eigenvalue weighted by atomic mass is 16.5. The van der Waals surface area contributed by atoms with Crippen LogP contribution in [0.4, 0.5) is 0 Å². The third-order valence-corrected chi connectivity index (χ3v) is 3.85. The lowest BCUT2D eigenvalue weighted by Crippen LogP contribution is -2.50. The molecule has 5 nitrogen and oxygen atoms in total. The van der Waals surface area contributed by atoms with Crippen molar-refractivity contribution < 1.29 is 14.3 Å². The molecule has 1 amide bonds. The van der Waals surface area contributed by atoms with E-state index in [1.165, 1.54) is 0 Å². The van der Waals surface area contributed by atoms with Gasteiger partial charge in [-0.2, -0.15) is 5.26 Å². The molecule has 1 aromatic rings. The van der Waals surface area contributed by atoms with Crippen LogP contribution in [0.2, 0.25) is 0 Å². The topological polar surface area (TPSA) is 62.6 Å². The number of carbonyl (C=O) groups is 1. The van der Waals surface area contributed by atoms with Crippen molar-refractivity contribution in [3.05, 3.63) is 29.8 Å². The minimum Gasteiger partial charge on any atom is -0.484 e. The van der Waals surface area contributed by atoms with Gasteiger partial charge in [-0.25, -0.2) is 0 Å². The van der Waals surface area contributed by atoms with E-state index in [1.54, 1.807) is 36.3 Å². The van der Waals surface area contributed by atoms with Crippen LogP contribution in [0.3, 0.4) is 0 Å². The summed E-state index contributed by atoms with van der Waals surface area (Å²) in [4.78, 5) is 14.0. The van der Waals surface area contributed by atoms with Gasteiger partial charge in [0.05, 0.1) is 17.2 Å². The van der Waals surface area contributed by atoms with Crippen LogP contribution in [0.15, 0.2) is 24.3 Å².